The molecule has 3 heteroatoms. The van der Waals surface area contributed by atoms with E-state index in [-0.39, 0.29) is 11.9 Å². The second-order valence-corrected chi connectivity index (χ2v) is 4.04. The Morgan fingerprint density at radius 2 is 2.17 bits per heavy atom. The van der Waals surface area contributed by atoms with E-state index in [0.717, 1.165) is 6.54 Å². The Morgan fingerprint density at radius 3 is 2.58 bits per heavy atom. The van der Waals surface area contributed by atoms with Gasteiger partial charge in [0, 0.05) is 6.54 Å². The van der Waals surface area contributed by atoms with Gasteiger partial charge in [-0.15, -0.1) is 0 Å². The highest BCUT2D eigenvalue weighted by Crippen LogP contribution is 2.43. The Hall–Kier alpha value is -0.570. The van der Waals surface area contributed by atoms with Gasteiger partial charge in [-0.1, -0.05) is 6.92 Å². The van der Waals surface area contributed by atoms with Gasteiger partial charge in [0.25, 0.3) is 0 Å². The molecule has 1 amide bonds. The van der Waals surface area contributed by atoms with Crippen molar-refractivity contribution in [3.63, 3.8) is 0 Å². The average molecular weight is 170 g/mol. The Balaban J connectivity index is 2.18. The predicted octanol–water partition coefficient (Wildman–Crippen LogP) is 0.511. The fraction of sp³-hybridized carbons (Fsp3) is 0.889. The SMILES string of the molecule is CNC(C)C(=O)NCC1(C)CC1. The van der Waals surface area contributed by atoms with Crippen LogP contribution in [0.4, 0.5) is 0 Å². The summed E-state index contributed by atoms with van der Waals surface area (Å²) >= 11 is 0. The lowest BCUT2D eigenvalue weighted by atomic mass is 10.1. The minimum Gasteiger partial charge on any atom is -0.354 e. The molecule has 1 aliphatic carbocycles. The first kappa shape index (κ1) is 9.52. The molecule has 0 aromatic heterocycles. The van der Waals surface area contributed by atoms with Crippen LogP contribution >= 0.6 is 0 Å². The molecule has 0 aliphatic heterocycles. The van der Waals surface area contributed by atoms with Crippen molar-refractivity contribution in [2.75, 3.05) is 13.6 Å². The van der Waals surface area contributed by atoms with Gasteiger partial charge in [-0.25, -0.2) is 0 Å². The van der Waals surface area contributed by atoms with Crippen molar-refractivity contribution in [3.05, 3.63) is 0 Å². The number of carbonyl (C=O) groups is 1. The Kier molecular flexibility index (Phi) is 2.73. The third-order valence-corrected chi connectivity index (χ3v) is 2.62. The molecule has 0 aromatic carbocycles. The minimum atomic E-state index is -0.0765. The molecule has 1 fully saturated rings. The lowest BCUT2D eigenvalue weighted by Crippen LogP contribution is -2.42. The van der Waals surface area contributed by atoms with Gasteiger partial charge in [0.05, 0.1) is 6.04 Å². The van der Waals surface area contributed by atoms with Crippen LogP contribution in [0, 0.1) is 5.41 Å². The third-order valence-electron chi connectivity index (χ3n) is 2.62. The maximum atomic E-state index is 11.3. The van der Waals surface area contributed by atoms with Crippen molar-refractivity contribution in [2.24, 2.45) is 5.41 Å². The topological polar surface area (TPSA) is 41.1 Å². The zero-order valence-electron chi connectivity index (χ0n) is 8.11. The zero-order valence-corrected chi connectivity index (χ0v) is 8.11. The molecule has 0 saturated heterocycles. The molecule has 0 aromatic rings. The Bertz CT molecular complexity index is 175. The number of likely N-dealkylation sites (N-methyl/N-ethyl adjacent to an activating group) is 1. The molecule has 3 nitrogen and oxygen atoms in total. The van der Waals surface area contributed by atoms with E-state index in [1.54, 1.807) is 7.05 Å². The molecule has 1 saturated carbocycles. The van der Waals surface area contributed by atoms with Gasteiger partial charge in [0.1, 0.15) is 0 Å². The standard InChI is InChI=1S/C9H18N2O/c1-7(10-3)8(12)11-6-9(2)4-5-9/h7,10H,4-6H2,1-3H3,(H,11,12). The number of hydrogen-bond donors (Lipinski definition) is 2. The normalized spacial score (nSPS) is 21.6. The van der Waals surface area contributed by atoms with Crippen LogP contribution in [0.25, 0.3) is 0 Å². The summed E-state index contributed by atoms with van der Waals surface area (Å²) in [5, 5.41) is 5.84. The fourth-order valence-corrected chi connectivity index (χ4v) is 0.975. The smallest absolute Gasteiger partial charge is 0.236 e. The molecule has 12 heavy (non-hydrogen) atoms. The van der Waals surface area contributed by atoms with Crippen LogP contribution in [-0.2, 0) is 4.79 Å². The van der Waals surface area contributed by atoms with Gasteiger partial charge >= 0.3 is 0 Å². The van der Waals surface area contributed by atoms with Gasteiger partial charge in [-0.2, -0.15) is 0 Å². The molecule has 0 heterocycles. The van der Waals surface area contributed by atoms with Crippen LogP contribution in [0.1, 0.15) is 26.7 Å². The highest BCUT2D eigenvalue weighted by molar-refractivity contribution is 5.81. The van der Waals surface area contributed by atoms with E-state index in [1.807, 2.05) is 6.92 Å². The van der Waals surface area contributed by atoms with E-state index in [0.29, 0.717) is 5.41 Å². The molecule has 1 rings (SSSR count). The van der Waals surface area contributed by atoms with E-state index >= 15 is 0 Å². The van der Waals surface area contributed by atoms with E-state index in [9.17, 15) is 4.79 Å². The summed E-state index contributed by atoms with van der Waals surface area (Å²) in [5.74, 6) is 0.102. The molecule has 1 aliphatic rings. The maximum absolute atomic E-state index is 11.3. The first-order valence-electron chi connectivity index (χ1n) is 4.52. The van der Waals surface area contributed by atoms with Crippen molar-refractivity contribution in [3.8, 4) is 0 Å². The van der Waals surface area contributed by atoms with E-state index < -0.39 is 0 Å². The van der Waals surface area contributed by atoms with Crippen molar-refractivity contribution in [1.29, 1.82) is 0 Å². The highest BCUT2D eigenvalue weighted by atomic mass is 16.2. The first-order valence-corrected chi connectivity index (χ1v) is 4.52. The van der Waals surface area contributed by atoms with Crippen LogP contribution in [0.2, 0.25) is 0 Å². The summed E-state index contributed by atoms with van der Waals surface area (Å²) in [4.78, 5) is 11.3. The maximum Gasteiger partial charge on any atom is 0.236 e. The Morgan fingerprint density at radius 1 is 1.58 bits per heavy atom. The van der Waals surface area contributed by atoms with Crippen LogP contribution in [0.15, 0.2) is 0 Å². The average Bonchev–Trinajstić information content (AvgIpc) is 2.79. The molecule has 0 radical (unpaired) electrons. The molecule has 1 unspecified atom stereocenters. The van der Waals surface area contributed by atoms with Crippen LogP contribution in [0.3, 0.4) is 0 Å². The largest absolute Gasteiger partial charge is 0.354 e. The number of carbonyl (C=O) groups excluding carboxylic acids is 1. The molecule has 2 N–H and O–H groups in total. The van der Waals surface area contributed by atoms with Crippen molar-refractivity contribution < 1.29 is 4.79 Å². The highest BCUT2D eigenvalue weighted by Gasteiger charge is 2.37. The summed E-state index contributed by atoms with van der Waals surface area (Å²) in [6.07, 6.45) is 2.50. The number of rotatable bonds is 4. The van der Waals surface area contributed by atoms with Crippen LogP contribution in [0.5, 0.6) is 0 Å². The summed E-state index contributed by atoms with van der Waals surface area (Å²) in [6, 6.07) is -0.0765. The van der Waals surface area contributed by atoms with Gasteiger partial charge in [-0.05, 0) is 32.2 Å². The van der Waals surface area contributed by atoms with Crippen molar-refractivity contribution >= 4 is 5.91 Å². The summed E-state index contributed by atoms with van der Waals surface area (Å²) in [6.45, 7) is 4.90. The molecular weight excluding hydrogens is 152 g/mol. The van der Waals surface area contributed by atoms with Gasteiger partial charge in [-0.3, -0.25) is 4.79 Å². The van der Waals surface area contributed by atoms with Crippen molar-refractivity contribution in [2.45, 2.75) is 32.7 Å². The summed E-state index contributed by atoms with van der Waals surface area (Å²) < 4.78 is 0. The van der Waals surface area contributed by atoms with Gasteiger partial charge < -0.3 is 10.6 Å². The lowest BCUT2D eigenvalue weighted by Gasteiger charge is -2.13. The lowest BCUT2D eigenvalue weighted by molar-refractivity contribution is -0.122. The molecule has 0 bridgehead atoms. The first-order chi connectivity index (χ1) is 5.57. The van der Waals surface area contributed by atoms with Crippen LogP contribution < -0.4 is 10.6 Å². The summed E-state index contributed by atoms with van der Waals surface area (Å²) in [5.41, 5.74) is 0.406. The molecular formula is C9H18N2O. The molecule has 70 valence electrons. The Labute approximate surface area is 73.9 Å². The number of nitrogens with one attached hydrogen (secondary N) is 2. The number of hydrogen-bond acceptors (Lipinski definition) is 2. The molecule has 1 atom stereocenters. The second-order valence-electron chi connectivity index (χ2n) is 4.04. The third kappa shape index (κ3) is 2.48. The minimum absolute atomic E-state index is 0.0765. The van der Waals surface area contributed by atoms with E-state index in [2.05, 4.69) is 17.6 Å². The van der Waals surface area contributed by atoms with Crippen molar-refractivity contribution in [1.82, 2.24) is 10.6 Å². The fourth-order valence-electron chi connectivity index (χ4n) is 0.975. The monoisotopic (exact) mass is 170 g/mol. The van der Waals surface area contributed by atoms with Gasteiger partial charge in [0.15, 0.2) is 0 Å². The molecule has 0 spiro atoms. The van der Waals surface area contributed by atoms with E-state index in [1.165, 1.54) is 12.8 Å². The van der Waals surface area contributed by atoms with Crippen LogP contribution in [-0.4, -0.2) is 25.5 Å². The number of amides is 1. The quantitative estimate of drug-likeness (QED) is 0.645. The predicted molar refractivity (Wildman–Crippen MR) is 48.9 cm³/mol. The second kappa shape index (κ2) is 3.44. The zero-order chi connectivity index (χ0) is 9.19. The van der Waals surface area contributed by atoms with E-state index in [4.69, 9.17) is 0 Å². The summed E-state index contributed by atoms with van der Waals surface area (Å²) in [7, 11) is 1.79. The van der Waals surface area contributed by atoms with Gasteiger partial charge in [0.2, 0.25) is 5.91 Å².